The van der Waals surface area contributed by atoms with E-state index in [2.05, 4.69) is 10.2 Å². The lowest BCUT2D eigenvalue weighted by atomic mass is 10.1. The Hall–Kier alpha value is -1.62. The lowest BCUT2D eigenvalue weighted by Gasteiger charge is -2.15. The van der Waals surface area contributed by atoms with Crippen molar-refractivity contribution >= 4 is 5.91 Å². The molecule has 2 fully saturated rings. The Morgan fingerprint density at radius 1 is 1.25 bits per heavy atom. The number of carbonyl (C=O) groups is 1. The molecule has 1 aliphatic heterocycles. The fourth-order valence-corrected chi connectivity index (χ4v) is 2.83. The molecule has 2 aliphatic rings. The summed E-state index contributed by atoms with van der Waals surface area (Å²) >= 11 is 0. The SMILES string of the molecule is O=C(Cn1ccc(=O)cc1)NCC1CCN(C2CC2)C1. The van der Waals surface area contributed by atoms with Crippen LogP contribution >= 0.6 is 0 Å². The van der Waals surface area contributed by atoms with Gasteiger partial charge in [0.15, 0.2) is 5.43 Å². The van der Waals surface area contributed by atoms with Crippen LogP contribution in [0.5, 0.6) is 0 Å². The quantitative estimate of drug-likeness (QED) is 0.849. The van der Waals surface area contributed by atoms with Gasteiger partial charge in [0.25, 0.3) is 0 Å². The molecule has 1 saturated heterocycles. The van der Waals surface area contributed by atoms with Gasteiger partial charge in [-0.15, -0.1) is 0 Å². The van der Waals surface area contributed by atoms with E-state index in [1.54, 1.807) is 17.0 Å². The third-order valence-corrected chi connectivity index (χ3v) is 4.16. The maximum absolute atomic E-state index is 11.9. The predicted octanol–water partition coefficient (Wildman–Crippen LogP) is 0.449. The Labute approximate surface area is 118 Å². The smallest absolute Gasteiger partial charge is 0.239 e. The molecule has 5 nitrogen and oxygen atoms in total. The van der Waals surface area contributed by atoms with Crippen LogP contribution in [0, 0.1) is 5.92 Å². The number of nitrogens with zero attached hydrogens (tertiary/aromatic N) is 2. The van der Waals surface area contributed by atoms with Crippen molar-refractivity contribution in [2.45, 2.75) is 31.8 Å². The van der Waals surface area contributed by atoms with E-state index < -0.39 is 0 Å². The number of hydrogen-bond donors (Lipinski definition) is 1. The number of likely N-dealkylation sites (tertiary alicyclic amines) is 1. The molecule has 1 aliphatic carbocycles. The summed E-state index contributed by atoms with van der Waals surface area (Å²) < 4.78 is 1.72. The monoisotopic (exact) mass is 275 g/mol. The highest BCUT2D eigenvalue weighted by Crippen LogP contribution is 2.31. The van der Waals surface area contributed by atoms with E-state index in [1.165, 1.54) is 37.9 Å². The minimum absolute atomic E-state index is 0.0125. The molecule has 1 aromatic rings. The average Bonchev–Trinajstić information content (AvgIpc) is 3.18. The fraction of sp³-hybridized carbons (Fsp3) is 0.600. The molecule has 1 amide bonds. The Balaban J connectivity index is 1.40. The number of rotatable bonds is 5. The van der Waals surface area contributed by atoms with Crippen LogP contribution in [0.2, 0.25) is 0 Å². The third-order valence-electron chi connectivity index (χ3n) is 4.16. The van der Waals surface area contributed by atoms with E-state index in [9.17, 15) is 9.59 Å². The van der Waals surface area contributed by atoms with Crippen LogP contribution in [-0.4, -0.2) is 41.1 Å². The predicted molar refractivity (Wildman–Crippen MR) is 76.4 cm³/mol. The minimum Gasteiger partial charge on any atom is -0.354 e. The molecule has 1 atom stereocenters. The van der Waals surface area contributed by atoms with Crippen molar-refractivity contribution in [3.05, 3.63) is 34.7 Å². The normalized spacial score (nSPS) is 22.9. The lowest BCUT2D eigenvalue weighted by molar-refractivity contribution is -0.121. The van der Waals surface area contributed by atoms with E-state index >= 15 is 0 Å². The maximum Gasteiger partial charge on any atom is 0.239 e. The van der Waals surface area contributed by atoms with Crippen LogP contribution in [0.4, 0.5) is 0 Å². The maximum atomic E-state index is 11.9. The summed E-state index contributed by atoms with van der Waals surface area (Å²) in [6, 6.07) is 3.77. The van der Waals surface area contributed by atoms with Gasteiger partial charge in [-0.1, -0.05) is 0 Å². The van der Waals surface area contributed by atoms with Crippen molar-refractivity contribution in [2.24, 2.45) is 5.92 Å². The van der Waals surface area contributed by atoms with Gasteiger partial charge in [-0.3, -0.25) is 9.59 Å². The molecule has 1 N–H and O–H groups in total. The van der Waals surface area contributed by atoms with E-state index in [0.29, 0.717) is 5.92 Å². The van der Waals surface area contributed by atoms with Crippen molar-refractivity contribution in [3.8, 4) is 0 Å². The molecule has 108 valence electrons. The van der Waals surface area contributed by atoms with Crippen LogP contribution in [0.3, 0.4) is 0 Å². The molecule has 20 heavy (non-hydrogen) atoms. The highest BCUT2D eigenvalue weighted by atomic mass is 16.2. The first-order valence-electron chi connectivity index (χ1n) is 7.37. The lowest BCUT2D eigenvalue weighted by Crippen LogP contribution is -2.33. The van der Waals surface area contributed by atoms with Gasteiger partial charge in [-0.05, 0) is 31.7 Å². The van der Waals surface area contributed by atoms with E-state index in [0.717, 1.165) is 19.1 Å². The Kier molecular flexibility index (Phi) is 3.87. The van der Waals surface area contributed by atoms with Crippen LogP contribution in [0.15, 0.2) is 29.3 Å². The van der Waals surface area contributed by atoms with E-state index in [-0.39, 0.29) is 17.9 Å². The first-order valence-corrected chi connectivity index (χ1v) is 7.37. The Morgan fingerprint density at radius 3 is 2.70 bits per heavy atom. The first kappa shape index (κ1) is 13.4. The topological polar surface area (TPSA) is 54.3 Å². The molecular formula is C15H21N3O2. The van der Waals surface area contributed by atoms with Crippen LogP contribution in [0.1, 0.15) is 19.3 Å². The number of carbonyl (C=O) groups excluding carboxylic acids is 1. The van der Waals surface area contributed by atoms with Crippen molar-refractivity contribution in [3.63, 3.8) is 0 Å². The van der Waals surface area contributed by atoms with Crippen molar-refractivity contribution in [2.75, 3.05) is 19.6 Å². The van der Waals surface area contributed by atoms with Crippen molar-refractivity contribution < 1.29 is 4.79 Å². The summed E-state index contributed by atoms with van der Waals surface area (Å²) in [5.41, 5.74) is -0.0345. The summed E-state index contributed by atoms with van der Waals surface area (Å²) in [6.07, 6.45) is 7.18. The number of pyridine rings is 1. The molecule has 0 spiro atoms. The second kappa shape index (κ2) is 5.79. The molecule has 0 bridgehead atoms. The number of amides is 1. The molecule has 1 saturated carbocycles. The van der Waals surface area contributed by atoms with Gasteiger partial charge in [0.05, 0.1) is 0 Å². The fourth-order valence-electron chi connectivity index (χ4n) is 2.83. The second-order valence-electron chi connectivity index (χ2n) is 5.89. The third kappa shape index (κ3) is 3.48. The largest absolute Gasteiger partial charge is 0.354 e. The summed E-state index contributed by atoms with van der Waals surface area (Å²) in [7, 11) is 0. The zero-order chi connectivity index (χ0) is 13.9. The van der Waals surface area contributed by atoms with Gasteiger partial charge < -0.3 is 14.8 Å². The first-order chi connectivity index (χ1) is 9.70. The molecule has 3 rings (SSSR count). The zero-order valence-electron chi connectivity index (χ0n) is 11.6. The Bertz CT molecular complexity index is 516. The minimum atomic E-state index is -0.0345. The summed E-state index contributed by atoms with van der Waals surface area (Å²) in [6.45, 7) is 3.36. The van der Waals surface area contributed by atoms with E-state index in [1.807, 2.05) is 0 Å². The van der Waals surface area contributed by atoms with Gasteiger partial charge in [0.1, 0.15) is 6.54 Å². The number of nitrogens with one attached hydrogen (secondary N) is 1. The zero-order valence-corrected chi connectivity index (χ0v) is 11.6. The van der Waals surface area contributed by atoms with Crippen molar-refractivity contribution in [1.29, 1.82) is 0 Å². The van der Waals surface area contributed by atoms with Gasteiger partial charge >= 0.3 is 0 Å². The van der Waals surface area contributed by atoms with Gasteiger partial charge in [0, 0.05) is 43.7 Å². The number of hydrogen-bond acceptors (Lipinski definition) is 3. The molecule has 1 unspecified atom stereocenters. The van der Waals surface area contributed by atoms with Crippen LogP contribution < -0.4 is 10.7 Å². The molecular weight excluding hydrogens is 254 g/mol. The second-order valence-corrected chi connectivity index (χ2v) is 5.89. The number of aromatic nitrogens is 1. The van der Waals surface area contributed by atoms with Crippen LogP contribution in [-0.2, 0) is 11.3 Å². The average molecular weight is 275 g/mol. The molecule has 1 aromatic heterocycles. The standard InChI is InChI=1S/C15H21N3O2/c19-14-4-6-17(7-5-14)11-15(20)16-9-12-3-8-18(10-12)13-1-2-13/h4-7,12-13H,1-3,8-11H2,(H,16,20). The van der Waals surface area contributed by atoms with Crippen LogP contribution in [0.25, 0.3) is 0 Å². The highest BCUT2D eigenvalue weighted by Gasteiger charge is 2.34. The van der Waals surface area contributed by atoms with E-state index in [4.69, 9.17) is 0 Å². The molecule has 0 radical (unpaired) electrons. The highest BCUT2D eigenvalue weighted by molar-refractivity contribution is 5.75. The summed E-state index contributed by atoms with van der Waals surface area (Å²) in [4.78, 5) is 25.4. The summed E-state index contributed by atoms with van der Waals surface area (Å²) in [5.74, 6) is 0.604. The van der Waals surface area contributed by atoms with Crippen molar-refractivity contribution in [1.82, 2.24) is 14.8 Å². The summed E-state index contributed by atoms with van der Waals surface area (Å²) in [5, 5.41) is 3.00. The van der Waals surface area contributed by atoms with Gasteiger partial charge in [-0.2, -0.15) is 0 Å². The molecule has 2 heterocycles. The Morgan fingerprint density at radius 2 is 2.00 bits per heavy atom. The molecule has 5 heteroatoms. The molecule has 0 aromatic carbocycles. The van der Waals surface area contributed by atoms with Gasteiger partial charge in [-0.25, -0.2) is 0 Å². The van der Waals surface area contributed by atoms with Gasteiger partial charge in [0.2, 0.25) is 5.91 Å².